The molecule has 0 aliphatic heterocycles. The first kappa shape index (κ1) is 18.9. The molecule has 0 bridgehead atoms. The summed E-state index contributed by atoms with van der Waals surface area (Å²) in [4.78, 5) is 24.7. The molecule has 1 aromatic carbocycles. The normalized spacial score (nSPS) is 11.0. The lowest BCUT2D eigenvalue weighted by molar-refractivity contribution is -0.116. The average Bonchev–Trinajstić information content (AvgIpc) is 3.08. The summed E-state index contributed by atoms with van der Waals surface area (Å²) >= 11 is 0. The van der Waals surface area contributed by atoms with Crippen molar-refractivity contribution < 1.29 is 4.79 Å². The van der Waals surface area contributed by atoms with Gasteiger partial charge in [-0.15, -0.1) is 0 Å². The van der Waals surface area contributed by atoms with Gasteiger partial charge in [0.25, 0.3) is 0 Å². The van der Waals surface area contributed by atoms with Crippen LogP contribution >= 0.6 is 0 Å². The van der Waals surface area contributed by atoms with Crippen LogP contribution in [-0.4, -0.2) is 20.9 Å². The Kier molecular flexibility index (Phi) is 5.38. The summed E-state index contributed by atoms with van der Waals surface area (Å²) in [5, 5.41) is 4.11. The summed E-state index contributed by atoms with van der Waals surface area (Å²) in [6.45, 7) is 4.04. The molecule has 29 heavy (non-hydrogen) atoms. The monoisotopic (exact) mass is 384 g/mol. The molecule has 0 aliphatic rings. The zero-order valence-corrected chi connectivity index (χ0v) is 16.7. The third-order valence-electron chi connectivity index (χ3n) is 5.08. The van der Waals surface area contributed by atoms with Crippen LogP contribution in [0.3, 0.4) is 0 Å². The first-order chi connectivity index (χ1) is 14.1. The lowest BCUT2D eigenvalue weighted by Gasteiger charge is -2.08. The largest absolute Gasteiger partial charge is 0.353 e. The Bertz CT molecular complexity index is 1150. The highest BCUT2D eigenvalue weighted by molar-refractivity contribution is 5.92. The number of hydrogen-bond acceptors (Lipinski definition) is 3. The van der Waals surface area contributed by atoms with Gasteiger partial charge >= 0.3 is 0 Å². The molecule has 0 saturated carbocycles. The standard InChI is InChI=1S/C24H24N4O/c1-16-11-12-20-19(15-16)18(23(27-20)21-9-3-4-13-25-21)8-5-10-22(29)28-24-17(2)7-6-14-26-24/h3-4,6-7,9,11-15,27H,5,8,10H2,1-2H3,(H,26,28,29). The van der Waals surface area contributed by atoms with Crippen LogP contribution in [0, 0.1) is 13.8 Å². The molecule has 3 heterocycles. The van der Waals surface area contributed by atoms with Crippen LogP contribution in [-0.2, 0) is 11.2 Å². The Hall–Kier alpha value is -3.47. The highest BCUT2D eigenvalue weighted by Crippen LogP contribution is 2.31. The molecule has 0 radical (unpaired) electrons. The number of aromatic amines is 1. The van der Waals surface area contributed by atoms with Crippen molar-refractivity contribution in [2.24, 2.45) is 0 Å². The van der Waals surface area contributed by atoms with Gasteiger partial charge in [0.15, 0.2) is 0 Å². The van der Waals surface area contributed by atoms with Crippen LogP contribution < -0.4 is 5.32 Å². The molecule has 146 valence electrons. The van der Waals surface area contributed by atoms with Crippen molar-refractivity contribution >= 4 is 22.6 Å². The second-order valence-corrected chi connectivity index (χ2v) is 7.31. The maximum Gasteiger partial charge on any atom is 0.225 e. The molecule has 0 aliphatic carbocycles. The summed E-state index contributed by atoms with van der Waals surface area (Å²) in [6, 6.07) is 16.1. The maximum absolute atomic E-state index is 12.4. The van der Waals surface area contributed by atoms with Crippen molar-refractivity contribution in [1.29, 1.82) is 0 Å². The molecule has 0 unspecified atom stereocenters. The summed E-state index contributed by atoms with van der Waals surface area (Å²) in [7, 11) is 0. The van der Waals surface area contributed by atoms with Gasteiger partial charge in [-0.3, -0.25) is 9.78 Å². The molecular weight excluding hydrogens is 360 g/mol. The van der Waals surface area contributed by atoms with Crippen molar-refractivity contribution in [2.75, 3.05) is 5.32 Å². The van der Waals surface area contributed by atoms with E-state index in [9.17, 15) is 4.79 Å². The first-order valence-corrected chi connectivity index (χ1v) is 9.86. The summed E-state index contributed by atoms with van der Waals surface area (Å²) in [6.07, 6.45) is 5.48. The molecule has 5 heteroatoms. The Labute approximate surface area is 170 Å². The number of anilines is 1. The third kappa shape index (κ3) is 4.19. The fraction of sp³-hybridized carbons (Fsp3) is 0.208. The van der Waals surface area contributed by atoms with E-state index in [1.165, 1.54) is 16.5 Å². The van der Waals surface area contributed by atoms with E-state index in [0.29, 0.717) is 12.2 Å². The van der Waals surface area contributed by atoms with Gasteiger partial charge in [0, 0.05) is 29.7 Å². The van der Waals surface area contributed by atoms with Crippen LogP contribution in [0.4, 0.5) is 5.82 Å². The van der Waals surface area contributed by atoms with Gasteiger partial charge in [-0.25, -0.2) is 4.98 Å². The molecule has 0 fully saturated rings. The topological polar surface area (TPSA) is 70.7 Å². The Balaban J connectivity index is 1.53. The number of fused-ring (bicyclic) bond motifs is 1. The molecule has 5 nitrogen and oxygen atoms in total. The summed E-state index contributed by atoms with van der Waals surface area (Å²) in [5.41, 5.74) is 6.44. The second-order valence-electron chi connectivity index (χ2n) is 7.31. The molecule has 4 rings (SSSR count). The van der Waals surface area contributed by atoms with E-state index in [1.807, 2.05) is 37.3 Å². The molecule has 0 spiro atoms. The zero-order chi connectivity index (χ0) is 20.2. The number of pyridine rings is 2. The van der Waals surface area contributed by atoms with E-state index in [-0.39, 0.29) is 5.91 Å². The van der Waals surface area contributed by atoms with Gasteiger partial charge in [-0.2, -0.15) is 0 Å². The lowest BCUT2D eigenvalue weighted by Crippen LogP contribution is -2.13. The van der Waals surface area contributed by atoms with E-state index in [1.54, 1.807) is 12.4 Å². The number of hydrogen-bond donors (Lipinski definition) is 2. The van der Waals surface area contributed by atoms with E-state index >= 15 is 0 Å². The Morgan fingerprint density at radius 3 is 2.69 bits per heavy atom. The predicted octanol–water partition coefficient (Wildman–Crippen LogP) is 5.20. The van der Waals surface area contributed by atoms with E-state index < -0.39 is 0 Å². The first-order valence-electron chi connectivity index (χ1n) is 9.86. The second kappa shape index (κ2) is 8.27. The Morgan fingerprint density at radius 2 is 1.90 bits per heavy atom. The minimum absolute atomic E-state index is 0.0118. The van der Waals surface area contributed by atoms with Gasteiger partial charge in [-0.1, -0.05) is 23.8 Å². The van der Waals surface area contributed by atoms with Gasteiger partial charge in [0.05, 0.1) is 11.4 Å². The van der Waals surface area contributed by atoms with E-state index in [0.717, 1.165) is 35.3 Å². The number of carbonyl (C=O) groups excluding carboxylic acids is 1. The average molecular weight is 384 g/mol. The highest BCUT2D eigenvalue weighted by atomic mass is 16.1. The van der Waals surface area contributed by atoms with Crippen molar-refractivity contribution in [1.82, 2.24) is 15.0 Å². The number of aryl methyl sites for hydroxylation is 3. The number of nitrogens with one attached hydrogen (secondary N) is 2. The van der Waals surface area contributed by atoms with Crippen molar-refractivity contribution in [3.63, 3.8) is 0 Å². The molecular formula is C24H24N4O. The maximum atomic E-state index is 12.4. The van der Waals surface area contributed by atoms with Crippen molar-refractivity contribution in [3.8, 4) is 11.4 Å². The number of nitrogens with zero attached hydrogens (tertiary/aromatic N) is 2. The molecule has 0 atom stereocenters. The van der Waals surface area contributed by atoms with Crippen LogP contribution in [0.15, 0.2) is 60.9 Å². The van der Waals surface area contributed by atoms with E-state index in [4.69, 9.17) is 0 Å². The predicted molar refractivity (Wildman–Crippen MR) is 117 cm³/mol. The number of carbonyl (C=O) groups is 1. The number of amides is 1. The molecule has 4 aromatic rings. The lowest BCUT2D eigenvalue weighted by atomic mass is 10.0. The van der Waals surface area contributed by atoms with E-state index in [2.05, 4.69) is 45.4 Å². The van der Waals surface area contributed by atoms with Crippen molar-refractivity contribution in [3.05, 3.63) is 77.6 Å². The smallest absolute Gasteiger partial charge is 0.225 e. The van der Waals surface area contributed by atoms with Gasteiger partial charge in [-0.05, 0) is 68.1 Å². The highest BCUT2D eigenvalue weighted by Gasteiger charge is 2.15. The fourth-order valence-electron chi connectivity index (χ4n) is 3.59. The SMILES string of the molecule is Cc1ccc2[nH]c(-c3ccccn3)c(CCCC(=O)Nc3ncccc3C)c2c1. The molecule has 1 amide bonds. The van der Waals surface area contributed by atoms with Crippen LogP contribution in [0.5, 0.6) is 0 Å². The number of rotatable bonds is 6. The quantitative estimate of drug-likeness (QED) is 0.480. The minimum Gasteiger partial charge on any atom is -0.353 e. The third-order valence-corrected chi connectivity index (χ3v) is 5.08. The fourth-order valence-corrected chi connectivity index (χ4v) is 3.59. The number of benzene rings is 1. The van der Waals surface area contributed by atoms with Crippen LogP contribution in [0.25, 0.3) is 22.3 Å². The number of aromatic nitrogens is 3. The summed E-state index contributed by atoms with van der Waals surface area (Å²) < 4.78 is 0. The van der Waals surface area contributed by atoms with Gasteiger partial charge in [0.1, 0.15) is 5.82 Å². The summed E-state index contributed by atoms with van der Waals surface area (Å²) in [5.74, 6) is 0.622. The minimum atomic E-state index is -0.0118. The zero-order valence-electron chi connectivity index (χ0n) is 16.7. The van der Waals surface area contributed by atoms with Gasteiger partial charge < -0.3 is 10.3 Å². The van der Waals surface area contributed by atoms with Gasteiger partial charge in [0.2, 0.25) is 5.91 Å². The van der Waals surface area contributed by atoms with Crippen molar-refractivity contribution in [2.45, 2.75) is 33.1 Å². The van der Waals surface area contributed by atoms with Crippen LogP contribution in [0.2, 0.25) is 0 Å². The molecule has 3 aromatic heterocycles. The van der Waals surface area contributed by atoms with Crippen LogP contribution in [0.1, 0.15) is 29.5 Å². The number of H-pyrrole nitrogens is 1. The Morgan fingerprint density at radius 1 is 1.03 bits per heavy atom. The molecule has 0 saturated heterocycles. The molecule has 2 N–H and O–H groups in total.